The maximum atomic E-state index is 10.7. The summed E-state index contributed by atoms with van der Waals surface area (Å²) >= 11 is 0. The molecule has 0 bridgehead atoms. The second-order valence-corrected chi connectivity index (χ2v) is 4.02. The molecule has 0 aromatic heterocycles. The fourth-order valence-electron chi connectivity index (χ4n) is 0.761. The van der Waals surface area contributed by atoms with Gasteiger partial charge in [0.2, 0.25) is 0 Å². The van der Waals surface area contributed by atoms with E-state index in [0.717, 1.165) is 0 Å². The van der Waals surface area contributed by atoms with Crippen molar-refractivity contribution in [1.29, 1.82) is 0 Å². The van der Waals surface area contributed by atoms with Gasteiger partial charge in [-0.25, -0.2) is 0 Å². The third-order valence-electron chi connectivity index (χ3n) is 1.61. The number of carbonyl (C=O) groups excluding carboxylic acids is 1. The van der Waals surface area contributed by atoms with Crippen LogP contribution in [0.15, 0.2) is 0 Å². The molecule has 3 atom stereocenters. The van der Waals surface area contributed by atoms with Gasteiger partial charge in [0, 0.05) is 0 Å². The van der Waals surface area contributed by atoms with Gasteiger partial charge in [-0.3, -0.25) is 4.79 Å². The number of hydrogen-bond acceptors (Lipinski definition) is 9. The molecule has 0 heterocycles. The second kappa shape index (κ2) is 11.3. The molecule has 0 saturated carbocycles. The first-order valence-corrected chi connectivity index (χ1v) is 5.49. The van der Waals surface area contributed by atoms with Gasteiger partial charge < -0.3 is 39.3 Å². The Morgan fingerprint density at radius 2 is 1.67 bits per heavy atom. The molecule has 0 aliphatic rings. The number of hydrogen-bond donors (Lipinski definition) is 4. The summed E-state index contributed by atoms with van der Waals surface area (Å²) in [4.78, 5) is 30.7. The zero-order chi connectivity index (χ0) is 12.9. The van der Waals surface area contributed by atoms with E-state index in [2.05, 4.69) is 4.52 Å². The predicted octanol–water partition coefficient (Wildman–Crippen LogP) is -10.5. The Morgan fingerprint density at radius 3 is 2.00 bits per heavy atom. The van der Waals surface area contributed by atoms with Crippen LogP contribution in [0.5, 0.6) is 0 Å². The van der Waals surface area contributed by atoms with Crippen molar-refractivity contribution in [2.75, 3.05) is 13.2 Å². The van der Waals surface area contributed by atoms with Gasteiger partial charge >= 0.3 is 59.1 Å². The van der Waals surface area contributed by atoms with E-state index in [0.29, 0.717) is 0 Å². The van der Waals surface area contributed by atoms with Gasteiger partial charge in [0.25, 0.3) is 0 Å². The third-order valence-corrected chi connectivity index (χ3v) is 2.07. The van der Waals surface area contributed by atoms with Crippen LogP contribution in [0.3, 0.4) is 0 Å². The molecule has 0 amide bonds. The predicted molar refractivity (Wildman–Crippen MR) is 43.7 cm³/mol. The molecule has 0 aliphatic heterocycles. The van der Waals surface area contributed by atoms with Crippen LogP contribution in [0.4, 0.5) is 0 Å². The topological polar surface area (TPSA) is 170 Å². The van der Waals surface area contributed by atoms with Crippen molar-refractivity contribution < 1.29 is 103 Å². The van der Waals surface area contributed by atoms with Crippen molar-refractivity contribution in [1.82, 2.24) is 0 Å². The van der Waals surface area contributed by atoms with Gasteiger partial charge in [0.15, 0.2) is 5.78 Å². The normalized spacial score (nSPS) is 15.9. The average Bonchev–Trinajstić information content (AvgIpc) is 2.21. The Labute approximate surface area is 147 Å². The quantitative estimate of drug-likeness (QED) is 0.263. The molecule has 0 spiro atoms. The zero-order valence-corrected chi connectivity index (χ0v) is 14.8. The molecule has 9 nitrogen and oxygen atoms in total. The molecule has 4 N–H and O–H groups in total. The summed E-state index contributed by atoms with van der Waals surface area (Å²) in [5.41, 5.74) is 0. The fourth-order valence-corrected chi connectivity index (χ4v) is 1.10. The van der Waals surface area contributed by atoms with E-state index in [1.54, 1.807) is 0 Å². The number of aliphatic hydroxyl groups excluding tert-OH is 4. The molecule has 96 valence electrons. The summed E-state index contributed by atoms with van der Waals surface area (Å²) < 4.78 is 13.6. The number of aliphatic hydroxyl groups is 4. The Balaban J connectivity index is -0.00000112. The van der Waals surface area contributed by atoms with Crippen molar-refractivity contribution in [2.45, 2.75) is 18.3 Å². The third kappa shape index (κ3) is 10.4. The largest absolute Gasteiger partial charge is 1.00 e. The molecular formula is C6H11Na2O9P. The number of Topliss-reactive ketones (excluding diaryl/α,β-unsaturated/α-hetero) is 1. The fraction of sp³-hybridized carbons (Fsp3) is 0.833. The number of carbonyl (C=O) groups is 1. The Bertz CT molecular complexity index is 282. The minimum Gasteiger partial charge on any atom is -0.790 e. The Kier molecular flexibility index (Phi) is 15.5. The van der Waals surface area contributed by atoms with Gasteiger partial charge in [-0.15, -0.1) is 0 Å². The molecule has 0 radical (unpaired) electrons. The maximum Gasteiger partial charge on any atom is 1.00 e. The number of phosphoric ester groups is 1. The Hall–Kier alpha value is 1.62. The van der Waals surface area contributed by atoms with Gasteiger partial charge in [0.1, 0.15) is 24.9 Å². The molecule has 18 heavy (non-hydrogen) atoms. The zero-order valence-electron chi connectivity index (χ0n) is 9.92. The van der Waals surface area contributed by atoms with Crippen molar-refractivity contribution in [3.8, 4) is 0 Å². The SMILES string of the molecule is O=C(CO)[C@@H](O)[C@H](O)[C@H](O)COP(=O)([O-])[O-].[Na+].[Na+]. The smallest absolute Gasteiger partial charge is 0.790 e. The monoisotopic (exact) mass is 304 g/mol. The van der Waals surface area contributed by atoms with Gasteiger partial charge in [-0.05, 0) is 0 Å². The summed E-state index contributed by atoms with van der Waals surface area (Å²) in [6.45, 7) is -2.16. The summed E-state index contributed by atoms with van der Waals surface area (Å²) in [6.07, 6.45) is -6.12. The standard InChI is InChI=1S/C6H13O9P.2Na/c7-1-3(8)5(10)6(11)4(9)2-15-16(12,13)14;;/h4-7,9-11H,1-2H2,(H2,12,13,14);;/q;2*+1/p-2/t4-,5-,6-;;/m1../s1. The summed E-state index contributed by atoms with van der Waals surface area (Å²) in [5, 5.41) is 35.4. The number of phosphoric acid groups is 1. The number of rotatable bonds is 7. The molecule has 0 rings (SSSR count). The van der Waals surface area contributed by atoms with E-state index in [9.17, 15) is 19.1 Å². The second-order valence-electron chi connectivity index (χ2n) is 2.87. The van der Waals surface area contributed by atoms with Gasteiger partial charge in [-0.2, -0.15) is 0 Å². The van der Waals surface area contributed by atoms with E-state index in [1.165, 1.54) is 0 Å². The van der Waals surface area contributed by atoms with Crippen LogP contribution >= 0.6 is 7.82 Å². The van der Waals surface area contributed by atoms with Crippen molar-refractivity contribution in [3.63, 3.8) is 0 Å². The van der Waals surface area contributed by atoms with Crippen LogP contribution in [-0.2, 0) is 13.9 Å². The minimum atomic E-state index is -5.31. The van der Waals surface area contributed by atoms with E-state index in [4.69, 9.17) is 20.4 Å². The van der Waals surface area contributed by atoms with Gasteiger partial charge in [-0.1, -0.05) is 0 Å². The first kappa shape index (κ1) is 24.6. The number of ketones is 1. The molecule has 0 aliphatic carbocycles. The molecule has 0 aromatic carbocycles. The van der Waals surface area contributed by atoms with E-state index in [-0.39, 0.29) is 59.1 Å². The molecule has 0 saturated heterocycles. The van der Waals surface area contributed by atoms with Crippen LogP contribution in [0, 0.1) is 0 Å². The van der Waals surface area contributed by atoms with Crippen molar-refractivity contribution in [2.24, 2.45) is 0 Å². The van der Waals surface area contributed by atoms with Gasteiger partial charge in [0.05, 0.1) is 14.4 Å². The summed E-state index contributed by atoms with van der Waals surface area (Å²) in [6, 6.07) is 0. The molecule has 0 aromatic rings. The molecule has 0 fully saturated rings. The van der Waals surface area contributed by atoms with E-state index in [1.807, 2.05) is 0 Å². The van der Waals surface area contributed by atoms with Crippen molar-refractivity contribution in [3.05, 3.63) is 0 Å². The maximum absolute atomic E-state index is 10.7. The summed E-state index contributed by atoms with van der Waals surface area (Å²) in [7, 11) is -5.31. The van der Waals surface area contributed by atoms with Crippen molar-refractivity contribution >= 4 is 13.6 Å². The van der Waals surface area contributed by atoms with Crippen LogP contribution in [0.25, 0.3) is 0 Å². The van der Waals surface area contributed by atoms with E-state index >= 15 is 0 Å². The van der Waals surface area contributed by atoms with Crippen LogP contribution in [0.2, 0.25) is 0 Å². The van der Waals surface area contributed by atoms with Crippen LogP contribution in [-0.4, -0.2) is 57.7 Å². The summed E-state index contributed by atoms with van der Waals surface area (Å²) in [5.74, 6) is -1.17. The average molecular weight is 304 g/mol. The molecular weight excluding hydrogens is 293 g/mol. The Morgan fingerprint density at radius 1 is 1.22 bits per heavy atom. The van der Waals surface area contributed by atoms with Crippen LogP contribution < -0.4 is 68.9 Å². The molecule has 0 unspecified atom stereocenters. The first-order chi connectivity index (χ1) is 7.19. The van der Waals surface area contributed by atoms with Crippen LogP contribution in [0.1, 0.15) is 0 Å². The molecule has 12 heteroatoms. The minimum absolute atomic E-state index is 0. The first-order valence-electron chi connectivity index (χ1n) is 4.03. The van der Waals surface area contributed by atoms with E-state index < -0.39 is 45.1 Å².